The van der Waals surface area contributed by atoms with Crippen LogP contribution in [0.4, 0.5) is 0 Å². The number of rotatable bonds is 11. The van der Waals surface area contributed by atoms with Crippen LogP contribution in [0.1, 0.15) is 72.1 Å². The number of unbranched alkanes of at least 4 members (excludes halogenated alkanes) is 2. The summed E-state index contributed by atoms with van der Waals surface area (Å²) in [6.45, 7) is 6.60. The summed E-state index contributed by atoms with van der Waals surface area (Å²) in [5.41, 5.74) is 0. The third kappa shape index (κ3) is 10.5. The zero-order valence-electron chi connectivity index (χ0n) is 12.6. The molecule has 0 bridgehead atoms. The quantitative estimate of drug-likeness (QED) is 0.426. The van der Waals surface area contributed by atoms with Gasteiger partial charge < -0.3 is 9.47 Å². The fraction of sp³-hybridized carbons (Fsp3) is 0.867. The first-order valence-electron chi connectivity index (χ1n) is 7.49. The van der Waals surface area contributed by atoms with Crippen LogP contribution in [0.3, 0.4) is 0 Å². The van der Waals surface area contributed by atoms with Gasteiger partial charge in [0.1, 0.15) is 6.10 Å². The summed E-state index contributed by atoms with van der Waals surface area (Å²) in [6, 6.07) is 0. The van der Waals surface area contributed by atoms with Crippen LogP contribution in [-0.4, -0.2) is 24.6 Å². The summed E-state index contributed by atoms with van der Waals surface area (Å²) >= 11 is 0. The molecule has 1 unspecified atom stereocenters. The van der Waals surface area contributed by atoms with Gasteiger partial charge in [0, 0.05) is 0 Å². The van der Waals surface area contributed by atoms with Gasteiger partial charge in [0.25, 0.3) is 0 Å². The number of esters is 2. The Morgan fingerprint density at radius 1 is 0.947 bits per heavy atom. The molecule has 19 heavy (non-hydrogen) atoms. The summed E-state index contributed by atoms with van der Waals surface area (Å²) in [5, 5.41) is 0. The molecule has 112 valence electrons. The highest BCUT2D eigenvalue weighted by Gasteiger charge is 2.14. The number of hydrogen-bond donors (Lipinski definition) is 0. The van der Waals surface area contributed by atoms with Gasteiger partial charge in [0.05, 0.1) is 19.4 Å². The molecule has 0 aromatic rings. The first kappa shape index (κ1) is 17.9. The lowest BCUT2D eigenvalue weighted by molar-refractivity contribution is -0.154. The van der Waals surface area contributed by atoms with Gasteiger partial charge in [-0.3, -0.25) is 9.59 Å². The second kappa shape index (κ2) is 12.0. The Bertz CT molecular complexity index is 251. The van der Waals surface area contributed by atoms with Crippen molar-refractivity contribution in [1.82, 2.24) is 0 Å². The van der Waals surface area contributed by atoms with Crippen LogP contribution >= 0.6 is 0 Å². The van der Waals surface area contributed by atoms with Crippen LogP contribution in [0.25, 0.3) is 0 Å². The average Bonchev–Trinajstić information content (AvgIpc) is 2.41. The van der Waals surface area contributed by atoms with E-state index in [4.69, 9.17) is 9.47 Å². The van der Waals surface area contributed by atoms with E-state index in [0.29, 0.717) is 6.61 Å². The van der Waals surface area contributed by atoms with Gasteiger partial charge in [0.15, 0.2) is 0 Å². The van der Waals surface area contributed by atoms with E-state index in [2.05, 4.69) is 6.92 Å². The fourth-order valence-corrected chi connectivity index (χ4v) is 1.63. The standard InChI is InChI=1S/C15H28O4/c1-4-7-9-13(6-3)19-15(17)11-10-14(16)18-12-8-5-2/h13H,4-12H2,1-3H3. The zero-order valence-corrected chi connectivity index (χ0v) is 12.6. The van der Waals surface area contributed by atoms with Gasteiger partial charge >= 0.3 is 11.9 Å². The van der Waals surface area contributed by atoms with Crippen molar-refractivity contribution in [3.05, 3.63) is 0 Å². The predicted octanol–water partition coefficient (Wildman–Crippen LogP) is 3.62. The Labute approximate surface area is 116 Å². The van der Waals surface area contributed by atoms with Gasteiger partial charge in [-0.05, 0) is 19.3 Å². The Morgan fingerprint density at radius 2 is 1.58 bits per heavy atom. The van der Waals surface area contributed by atoms with Gasteiger partial charge in [0.2, 0.25) is 0 Å². The van der Waals surface area contributed by atoms with Crippen molar-refractivity contribution < 1.29 is 19.1 Å². The SMILES string of the molecule is CCCCOC(=O)CCC(=O)OC(CC)CCCC. The van der Waals surface area contributed by atoms with E-state index in [1.54, 1.807) is 0 Å². The van der Waals surface area contributed by atoms with Crippen molar-refractivity contribution in [2.24, 2.45) is 0 Å². The molecule has 0 spiro atoms. The maximum Gasteiger partial charge on any atom is 0.306 e. The largest absolute Gasteiger partial charge is 0.466 e. The van der Waals surface area contributed by atoms with Crippen molar-refractivity contribution in [1.29, 1.82) is 0 Å². The number of carbonyl (C=O) groups excluding carboxylic acids is 2. The zero-order chi connectivity index (χ0) is 14.5. The summed E-state index contributed by atoms with van der Waals surface area (Å²) in [7, 11) is 0. The molecule has 0 aliphatic heterocycles. The molecule has 4 nitrogen and oxygen atoms in total. The van der Waals surface area contributed by atoms with Crippen LogP contribution in [-0.2, 0) is 19.1 Å². The minimum absolute atomic E-state index is 0.0106. The van der Waals surface area contributed by atoms with E-state index in [-0.39, 0.29) is 30.9 Å². The van der Waals surface area contributed by atoms with Crippen LogP contribution in [0, 0.1) is 0 Å². The maximum atomic E-state index is 11.6. The maximum absolute atomic E-state index is 11.6. The Morgan fingerprint density at radius 3 is 2.16 bits per heavy atom. The molecule has 0 amide bonds. The number of carbonyl (C=O) groups is 2. The minimum Gasteiger partial charge on any atom is -0.466 e. The Kier molecular flexibility index (Phi) is 11.3. The molecule has 0 aliphatic rings. The first-order valence-corrected chi connectivity index (χ1v) is 7.49. The molecule has 0 fully saturated rings. The second-order valence-electron chi connectivity index (χ2n) is 4.74. The second-order valence-corrected chi connectivity index (χ2v) is 4.74. The normalized spacial score (nSPS) is 11.9. The molecule has 0 aromatic carbocycles. The molecule has 0 saturated heterocycles. The highest BCUT2D eigenvalue weighted by atomic mass is 16.5. The molecule has 0 aromatic heterocycles. The minimum atomic E-state index is -0.313. The lowest BCUT2D eigenvalue weighted by atomic mass is 10.1. The van der Waals surface area contributed by atoms with E-state index < -0.39 is 0 Å². The Hall–Kier alpha value is -1.06. The van der Waals surface area contributed by atoms with E-state index >= 15 is 0 Å². The highest BCUT2D eigenvalue weighted by Crippen LogP contribution is 2.10. The molecule has 0 N–H and O–H groups in total. The molecule has 0 rings (SSSR count). The van der Waals surface area contributed by atoms with Crippen molar-refractivity contribution in [3.63, 3.8) is 0 Å². The summed E-state index contributed by atoms with van der Waals surface area (Å²) in [6.07, 6.45) is 5.97. The third-order valence-electron chi connectivity index (χ3n) is 2.93. The van der Waals surface area contributed by atoms with Crippen LogP contribution in [0.15, 0.2) is 0 Å². The van der Waals surface area contributed by atoms with Crippen LogP contribution in [0.5, 0.6) is 0 Å². The van der Waals surface area contributed by atoms with Gasteiger partial charge in [-0.15, -0.1) is 0 Å². The molecule has 0 heterocycles. The van der Waals surface area contributed by atoms with Crippen LogP contribution < -0.4 is 0 Å². The highest BCUT2D eigenvalue weighted by molar-refractivity contribution is 5.77. The molecule has 0 aliphatic carbocycles. The van der Waals surface area contributed by atoms with Gasteiger partial charge in [-0.2, -0.15) is 0 Å². The van der Waals surface area contributed by atoms with Crippen molar-refractivity contribution in [2.45, 2.75) is 78.2 Å². The first-order chi connectivity index (χ1) is 9.13. The summed E-state index contributed by atoms with van der Waals surface area (Å²) < 4.78 is 10.3. The van der Waals surface area contributed by atoms with Crippen molar-refractivity contribution in [3.8, 4) is 0 Å². The average molecular weight is 272 g/mol. The van der Waals surface area contributed by atoms with Gasteiger partial charge in [-0.25, -0.2) is 0 Å². The molecule has 1 atom stereocenters. The van der Waals surface area contributed by atoms with E-state index in [0.717, 1.165) is 38.5 Å². The van der Waals surface area contributed by atoms with Gasteiger partial charge in [-0.1, -0.05) is 40.0 Å². The van der Waals surface area contributed by atoms with Crippen molar-refractivity contribution >= 4 is 11.9 Å². The van der Waals surface area contributed by atoms with E-state index in [1.807, 2.05) is 13.8 Å². The van der Waals surface area contributed by atoms with Crippen molar-refractivity contribution in [2.75, 3.05) is 6.61 Å². The lowest BCUT2D eigenvalue weighted by Gasteiger charge is -2.15. The van der Waals surface area contributed by atoms with E-state index in [1.165, 1.54) is 0 Å². The Balaban J connectivity index is 3.74. The molecular formula is C15H28O4. The molecule has 0 radical (unpaired) electrons. The molecule has 0 saturated carbocycles. The van der Waals surface area contributed by atoms with E-state index in [9.17, 15) is 9.59 Å². The monoisotopic (exact) mass is 272 g/mol. The summed E-state index contributed by atoms with van der Waals surface area (Å²) in [5.74, 6) is -0.609. The fourth-order valence-electron chi connectivity index (χ4n) is 1.63. The third-order valence-corrected chi connectivity index (χ3v) is 2.93. The summed E-state index contributed by atoms with van der Waals surface area (Å²) in [4.78, 5) is 22.9. The van der Waals surface area contributed by atoms with Crippen LogP contribution in [0.2, 0.25) is 0 Å². The molecule has 4 heteroatoms. The lowest BCUT2D eigenvalue weighted by Crippen LogP contribution is -2.18. The number of hydrogen-bond acceptors (Lipinski definition) is 4. The topological polar surface area (TPSA) is 52.6 Å². The smallest absolute Gasteiger partial charge is 0.306 e. The predicted molar refractivity (Wildman–Crippen MR) is 74.8 cm³/mol. The number of ether oxygens (including phenoxy) is 2. The molecular weight excluding hydrogens is 244 g/mol.